The molecule has 2 unspecified atom stereocenters. The summed E-state index contributed by atoms with van der Waals surface area (Å²) in [5.41, 5.74) is -2.74. The van der Waals surface area contributed by atoms with E-state index in [1.165, 1.54) is 0 Å². The molecule has 68 valence electrons. The predicted molar refractivity (Wildman–Crippen MR) is 55.6 cm³/mol. The van der Waals surface area contributed by atoms with Crippen LogP contribution in [0.1, 0.15) is 33.1 Å². The van der Waals surface area contributed by atoms with Crippen molar-refractivity contribution in [2.24, 2.45) is 0 Å². The Morgan fingerprint density at radius 1 is 1.64 bits per heavy atom. The van der Waals surface area contributed by atoms with Gasteiger partial charge in [-0.2, -0.15) is 0 Å². The minimum Gasteiger partial charge on any atom is -0.338 e. The molecule has 5 heteroatoms. The van der Waals surface area contributed by atoms with Crippen molar-refractivity contribution in [2.75, 3.05) is 0 Å². The van der Waals surface area contributed by atoms with Crippen LogP contribution in [0.25, 0.3) is 0 Å². The van der Waals surface area contributed by atoms with Crippen LogP contribution >= 0.6 is 17.9 Å². The van der Waals surface area contributed by atoms with E-state index in [9.17, 15) is 0 Å². The lowest BCUT2D eigenvalue weighted by atomic mass is 10.2. The molecule has 0 aliphatic rings. The molecule has 2 nitrogen and oxygen atoms in total. The Bertz CT molecular complexity index is 146. The quantitative estimate of drug-likeness (QED) is 0.544. The first-order valence-electron chi connectivity index (χ1n) is 3.73. The van der Waals surface area contributed by atoms with Crippen LogP contribution in [-0.2, 0) is 16.3 Å². The summed E-state index contributed by atoms with van der Waals surface area (Å²) in [5, 5.41) is 0. The third kappa shape index (κ3) is 7.29. The van der Waals surface area contributed by atoms with Gasteiger partial charge >= 0.3 is 0 Å². The molecule has 0 aliphatic heterocycles. The maximum atomic E-state index is 9.11. The minimum absolute atomic E-state index is 0.0772. The molecular weight excluding hydrogens is 199 g/mol. The Kier molecular flexibility index (Phi) is 6.01. The highest BCUT2D eigenvalue weighted by molar-refractivity contribution is 8.59. The van der Waals surface area contributed by atoms with Crippen molar-refractivity contribution >= 4 is 29.7 Å². The molecule has 0 saturated carbocycles. The second kappa shape index (κ2) is 5.55. The minimum atomic E-state index is -2.74. The molecule has 0 heterocycles. The molecule has 0 aromatic heterocycles. The second-order valence-electron chi connectivity index (χ2n) is 2.41. The lowest BCUT2D eigenvalue weighted by Crippen LogP contribution is -2.07. The molecule has 0 spiro atoms. The summed E-state index contributed by atoms with van der Waals surface area (Å²) in [6, 6.07) is 0. The van der Waals surface area contributed by atoms with E-state index in [1.807, 2.05) is 6.92 Å². The fraction of sp³-hybridized carbons (Fsp3) is 1.00. The van der Waals surface area contributed by atoms with Crippen molar-refractivity contribution in [3.05, 3.63) is 0 Å². The van der Waals surface area contributed by atoms with Gasteiger partial charge in [0.15, 0.2) is 0 Å². The van der Waals surface area contributed by atoms with E-state index < -0.39 is 5.69 Å². The maximum absolute atomic E-state index is 9.11. The van der Waals surface area contributed by atoms with Gasteiger partial charge < -0.3 is 9.42 Å². The van der Waals surface area contributed by atoms with Gasteiger partial charge in [-0.1, -0.05) is 32.5 Å². The highest BCUT2D eigenvalue weighted by Gasteiger charge is 2.13. The number of hydrogen-bond donors (Lipinski definition) is 2. The van der Waals surface area contributed by atoms with E-state index in [4.69, 9.17) is 9.42 Å². The van der Waals surface area contributed by atoms with Crippen molar-refractivity contribution in [2.45, 2.75) is 39.2 Å². The van der Waals surface area contributed by atoms with Gasteiger partial charge in [0.25, 0.3) is 0 Å². The van der Waals surface area contributed by atoms with Crippen LogP contribution in [0.3, 0.4) is 0 Å². The lowest BCUT2D eigenvalue weighted by Gasteiger charge is -2.18. The zero-order valence-electron chi connectivity index (χ0n) is 6.86. The van der Waals surface area contributed by atoms with Gasteiger partial charge in [0, 0.05) is 0 Å². The summed E-state index contributed by atoms with van der Waals surface area (Å²) in [7, 11) is 0. The molecule has 11 heavy (non-hydrogen) atoms. The first-order chi connectivity index (χ1) is 4.99. The smallest absolute Gasteiger partial charge is 0.241 e. The highest BCUT2D eigenvalue weighted by Crippen LogP contribution is 2.49. The molecule has 2 atom stereocenters. The molecule has 0 bridgehead atoms. The van der Waals surface area contributed by atoms with Crippen LogP contribution in [-0.4, -0.2) is 11.0 Å². The van der Waals surface area contributed by atoms with Gasteiger partial charge in [0.1, 0.15) is 0 Å². The molecule has 0 aliphatic carbocycles. The SMILES string of the molecule is CCCC(CC)OP(O)(=S)S. The monoisotopic (exact) mass is 214 g/mol. The number of rotatable bonds is 5. The normalized spacial score (nSPS) is 19.3. The van der Waals surface area contributed by atoms with E-state index in [-0.39, 0.29) is 6.10 Å². The summed E-state index contributed by atoms with van der Waals surface area (Å²) in [5.74, 6) is 0. The fourth-order valence-corrected chi connectivity index (χ4v) is 2.26. The third-order valence-electron chi connectivity index (χ3n) is 1.35. The fourth-order valence-electron chi connectivity index (χ4n) is 0.848. The molecule has 0 radical (unpaired) electrons. The van der Waals surface area contributed by atoms with Gasteiger partial charge in [-0.15, -0.1) is 0 Å². The van der Waals surface area contributed by atoms with Crippen molar-refractivity contribution < 1.29 is 9.42 Å². The van der Waals surface area contributed by atoms with Crippen molar-refractivity contribution in [1.82, 2.24) is 0 Å². The molecule has 0 aromatic carbocycles. The first kappa shape index (κ1) is 11.9. The average Bonchev–Trinajstić information content (AvgIpc) is 1.84. The predicted octanol–water partition coefficient (Wildman–Crippen LogP) is 2.73. The van der Waals surface area contributed by atoms with Crippen LogP contribution in [0.2, 0.25) is 0 Å². The highest BCUT2D eigenvalue weighted by atomic mass is 32.9. The summed E-state index contributed by atoms with van der Waals surface area (Å²) in [6.07, 6.45) is 2.94. The Labute approximate surface area is 78.7 Å². The van der Waals surface area contributed by atoms with Crippen molar-refractivity contribution in [3.63, 3.8) is 0 Å². The van der Waals surface area contributed by atoms with E-state index in [1.54, 1.807) is 0 Å². The van der Waals surface area contributed by atoms with E-state index in [0.29, 0.717) is 0 Å². The van der Waals surface area contributed by atoms with Crippen LogP contribution in [0.15, 0.2) is 0 Å². The van der Waals surface area contributed by atoms with Crippen LogP contribution in [0.5, 0.6) is 0 Å². The summed E-state index contributed by atoms with van der Waals surface area (Å²) in [4.78, 5) is 9.11. The van der Waals surface area contributed by atoms with Gasteiger partial charge in [0.05, 0.1) is 6.10 Å². The van der Waals surface area contributed by atoms with Crippen molar-refractivity contribution in [3.8, 4) is 0 Å². The largest absolute Gasteiger partial charge is 0.338 e. The molecule has 1 N–H and O–H groups in total. The maximum Gasteiger partial charge on any atom is 0.241 e. The lowest BCUT2D eigenvalue weighted by molar-refractivity contribution is 0.192. The van der Waals surface area contributed by atoms with Crippen LogP contribution < -0.4 is 0 Å². The Hall–Kier alpha value is 0.920. The molecule has 0 saturated heterocycles. The van der Waals surface area contributed by atoms with E-state index in [2.05, 4.69) is 31.0 Å². The zero-order valence-corrected chi connectivity index (χ0v) is 9.46. The number of hydrogen-bond acceptors (Lipinski definition) is 2. The first-order valence-corrected chi connectivity index (χ1v) is 7.56. The number of thiol groups is 1. The van der Waals surface area contributed by atoms with E-state index in [0.717, 1.165) is 19.3 Å². The van der Waals surface area contributed by atoms with Crippen LogP contribution in [0, 0.1) is 0 Å². The Morgan fingerprint density at radius 3 is 2.45 bits per heavy atom. The molecule has 0 amide bonds. The average molecular weight is 214 g/mol. The van der Waals surface area contributed by atoms with E-state index >= 15 is 0 Å². The standard InChI is InChI=1S/C6H15O2PS2/c1-3-5-6(4-2)8-9(7,10)11/h6H,3-5H2,1-2H3,(H2,7,10,11). The topological polar surface area (TPSA) is 29.5 Å². The Balaban J connectivity index is 3.78. The molecule has 0 fully saturated rings. The molecule has 0 aromatic rings. The van der Waals surface area contributed by atoms with Crippen LogP contribution in [0.4, 0.5) is 0 Å². The van der Waals surface area contributed by atoms with Gasteiger partial charge in [-0.3, -0.25) is 0 Å². The molecular formula is C6H15O2PS2. The second-order valence-corrected chi connectivity index (χ2v) is 7.53. The van der Waals surface area contributed by atoms with Gasteiger partial charge in [-0.25, -0.2) is 0 Å². The summed E-state index contributed by atoms with van der Waals surface area (Å²) < 4.78 is 5.17. The summed E-state index contributed by atoms with van der Waals surface area (Å²) >= 11 is 8.45. The Morgan fingerprint density at radius 2 is 2.18 bits per heavy atom. The van der Waals surface area contributed by atoms with Gasteiger partial charge in [-0.05, 0) is 24.6 Å². The third-order valence-corrected chi connectivity index (χ3v) is 2.47. The van der Waals surface area contributed by atoms with Gasteiger partial charge in [0.2, 0.25) is 5.69 Å². The van der Waals surface area contributed by atoms with Crippen molar-refractivity contribution in [1.29, 1.82) is 0 Å². The molecule has 0 rings (SSSR count). The summed E-state index contributed by atoms with van der Waals surface area (Å²) in [6.45, 7) is 4.09. The zero-order chi connectivity index (χ0) is 8.91.